The molecule has 0 saturated carbocycles. The Kier molecular flexibility index (Phi) is 2.25. The molecule has 1 aromatic heterocycles. The number of ether oxygens (including phenoxy) is 1. The molecule has 3 rings (SSSR count). The first-order valence-electron chi connectivity index (χ1n) is 6.39. The molecule has 0 spiro atoms. The average molecular weight is 246 g/mol. The lowest BCUT2D eigenvalue weighted by Crippen LogP contribution is -2.37. The maximum Gasteiger partial charge on any atom is 0.309 e. The molecule has 2 aliphatic rings. The fourth-order valence-electron chi connectivity index (χ4n) is 3.57. The SMILES string of the molecule is C=C[C@@]1(C)Cc2occ(C)c2[C@H]2OC(=O)[C@H](C)[C@H]21. The van der Waals surface area contributed by atoms with E-state index < -0.39 is 0 Å². The number of hydrogen-bond acceptors (Lipinski definition) is 3. The quantitative estimate of drug-likeness (QED) is 0.564. The van der Waals surface area contributed by atoms with Crippen molar-refractivity contribution in [3.05, 3.63) is 35.8 Å². The molecule has 96 valence electrons. The fraction of sp³-hybridized carbons (Fsp3) is 0.533. The number of esters is 1. The van der Waals surface area contributed by atoms with Crippen LogP contribution in [0.2, 0.25) is 0 Å². The molecule has 18 heavy (non-hydrogen) atoms. The molecule has 2 heterocycles. The van der Waals surface area contributed by atoms with Gasteiger partial charge in [-0.15, -0.1) is 6.58 Å². The summed E-state index contributed by atoms with van der Waals surface area (Å²) < 4.78 is 11.2. The molecule has 0 aromatic carbocycles. The highest BCUT2D eigenvalue weighted by Crippen LogP contribution is 2.56. The van der Waals surface area contributed by atoms with Crippen LogP contribution in [0.25, 0.3) is 0 Å². The van der Waals surface area contributed by atoms with E-state index >= 15 is 0 Å². The van der Waals surface area contributed by atoms with Crippen molar-refractivity contribution >= 4 is 5.97 Å². The number of rotatable bonds is 1. The highest BCUT2D eigenvalue weighted by atomic mass is 16.6. The number of allylic oxidation sites excluding steroid dienone is 1. The molecule has 3 nitrogen and oxygen atoms in total. The standard InChI is InChI=1S/C15H18O3/c1-5-15(4)6-10-11(8(2)7-17-10)13-12(15)9(3)14(16)18-13/h5,7,9,12-13H,1,6H2,2-4H3/t9-,12-,13-,15+/m1/s1. The number of carbonyl (C=O) groups excluding carboxylic acids is 1. The topological polar surface area (TPSA) is 39.4 Å². The van der Waals surface area contributed by atoms with E-state index in [9.17, 15) is 4.79 Å². The van der Waals surface area contributed by atoms with E-state index in [2.05, 4.69) is 13.5 Å². The lowest BCUT2D eigenvalue weighted by atomic mass is 9.62. The fourth-order valence-corrected chi connectivity index (χ4v) is 3.57. The van der Waals surface area contributed by atoms with Crippen molar-refractivity contribution in [3.63, 3.8) is 0 Å². The third-order valence-corrected chi connectivity index (χ3v) is 4.64. The van der Waals surface area contributed by atoms with Crippen molar-refractivity contribution in [3.8, 4) is 0 Å². The van der Waals surface area contributed by atoms with E-state index in [1.54, 1.807) is 6.26 Å². The smallest absolute Gasteiger partial charge is 0.309 e. The van der Waals surface area contributed by atoms with Crippen LogP contribution < -0.4 is 0 Å². The van der Waals surface area contributed by atoms with Crippen molar-refractivity contribution in [2.24, 2.45) is 17.3 Å². The van der Waals surface area contributed by atoms with Crippen LogP contribution in [-0.4, -0.2) is 5.97 Å². The average Bonchev–Trinajstić information content (AvgIpc) is 2.82. The Morgan fingerprint density at radius 1 is 1.56 bits per heavy atom. The minimum Gasteiger partial charge on any atom is -0.469 e. The molecule has 1 fully saturated rings. The van der Waals surface area contributed by atoms with E-state index in [-0.39, 0.29) is 29.3 Å². The highest BCUT2D eigenvalue weighted by Gasteiger charge is 2.55. The second-order valence-electron chi connectivity index (χ2n) is 5.81. The van der Waals surface area contributed by atoms with Crippen LogP contribution in [0.4, 0.5) is 0 Å². The maximum atomic E-state index is 11.9. The van der Waals surface area contributed by atoms with Crippen LogP contribution >= 0.6 is 0 Å². The van der Waals surface area contributed by atoms with Crippen molar-refractivity contribution < 1.29 is 13.9 Å². The third kappa shape index (κ3) is 1.27. The second kappa shape index (κ2) is 3.50. The Labute approximate surface area is 107 Å². The lowest BCUT2D eigenvalue weighted by molar-refractivity contribution is -0.144. The van der Waals surface area contributed by atoms with Crippen molar-refractivity contribution in [1.29, 1.82) is 0 Å². The van der Waals surface area contributed by atoms with Crippen LogP contribution in [0.5, 0.6) is 0 Å². The van der Waals surface area contributed by atoms with Crippen molar-refractivity contribution in [2.45, 2.75) is 33.3 Å². The summed E-state index contributed by atoms with van der Waals surface area (Å²) in [4.78, 5) is 11.9. The van der Waals surface area contributed by atoms with Gasteiger partial charge in [-0.2, -0.15) is 0 Å². The van der Waals surface area contributed by atoms with Crippen LogP contribution in [0.15, 0.2) is 23.3 Å². The van der Waals surface area contributed by atoms with Gasteiger partial charge in [-0.05, 0) is 17.9 Å². The van der Waals surface area contributed by atoms with Crippen LogP contribution in [0, 0.1) is 24.2 Å². The monoisotopic (exact) mass is 246 g/mol. The van der Waals surface area contributed by atoms with Gasteiger partial charge in [0, 0.05) is 17.9 Å². The zero-order valence-corrected chi connectivity index (χ0v) is 11.0. The third-order valence-electron chi connectivity index (χ3n) is 4.64. The molecule has 0 unspecified atom stereocenters. The summed E-state index contributed by atoms with van der Waals surface area (Å²) in [7, 11) is 0. The summed E-state index contributed by atoms with van der Waals surface area (Å²) in [5, 5.41) is 0. The van der Waals surface area contributed by atoms with E-state index in [0.717, 1.165) is 23.3 Å². The van der Waals surface area contributed by atoms with E-state index in [0.29, 0.717) is 0 Å². The van der Waals surface area contributed by atoms with Gasteiger partial charge in [-0.25, -0.2) is 0 Å². The number of carbonyl (C=O) groups is 1. The van der Waals surface area contributed by atoms with Gasteiger partial charge in [0.2, 0.25) is 0 Å². The maximum absolute atomic E-state index is 11.9. The summed E-state index contributed by atoms with van der Waals surface area (Å²) in [6, 6.07) is 0. The molecule has 0 radical (unpaired) electrons. The van der Waals surface area contributed by atoms with Gasteiger partial charge in [-0.1, -0.05) is 19.9 Å². The zero-order valence-electron chi connectivity index (χ0n) is 11.0. The van der Waals surface area contributed by atoms with E-state index in [1.807, 2.05) is 19.9 Å². The van der Waals surface area contributed by atoms with Crippen LogP contribution in [-0.2, 0) is 16.0 Å². The predicted molar refractivity (Wildman–Crippen MR) is 66.9 cm³/mol. The number of furan rings is 1. The second-order valence-corrected chi connectivity index (χ2v) is 5.81. The highest BCUT2D eigenvalue weighted by molar-refractivity contribution is 5.76. The molecule has 0 amide bonds. The summed E-state index contributed by atoms with van der Waals surface area (Å²) >= 11 is 0. The van der Waals surface area contributed by atoms with Gasteiger partial charge in [0.15, 0.2) is 0 Å². The normalized spacial score (nSPS) is 37.9. The van der Waals surface area contributed by atoms with Crippen molar-refractivity contribution in [1.82, 2.24) is 0 Å². The first-order chi connectivity index (χ1) is 8.48. The van der Waals surface area contributed by atoms with E-state index in [1.165, 1.54) is 0 Å². The Bertz CT molecular complexity index is 528. The minimum atomic E-state index is -0.169. The minimum absolute atomic E-state index is 0.0829. The molecule has 4 atom stereocenters. The Balaban J connectivity index is 2.18. The Hall–Kier alpha value is -1.51. The molecule has 1 saturated heterocycles. The molecular formula is C15H18O3. The Morgan fingerprint density at radius 3 is 2.94 bits per heavy atom. The molecule has 1 aliphatic carbocycles. The van der Waals surface area contributed by atoms with Crippen molar-refractivity contribution in [2.75, 3.05) is 0 Å². The number of aryl methyl sites for hydroxylation is 1. The summed E-state index contributed by atoms with van der Waals surface area (Å²) in [6.07, 6.45) is 4.33. The predicted octanol–water partition coefficient (Wildman–Crippen LogP) is 3.19. The molecule has 1 aliphatic heterocycles. The molecule has 0 N–H and O–H groups in total. The van der Waals surface area contributed by atoms with Gasteiger partial charge in [0.05, 0.1) is 12.2 Å². The number of hydrogen-bond donors (Lipinski definition) is 0. The first-order valence-corrected chi connectivity index (χ1v) is 6.39. The van der Waals surface area contributed by atoms with Gasteiger partial charge >= 0.3 is 5.97 Å². The van der Waals surface area contributed by atoms with Gasteiger partial charge < -0.3 is 9.15 Å². The van der Waals surface area contributed by atoms with Crippen LogP contribution in [0.1, 0.15) is 36.8 Å². The van der Waals surface area contributed by atoms with Gasteiger partial charge in [0.1, 0.15) is 11.9 Å². The largest absolute Gasteiger partial charge is 0.469 e. The first kappa shape index (κ1) is 11.6. The molecule has 1 aromatic rings. The van der Waals surface area contributed by atoms with Gasteiger partial charge in [-0.3, -0.25) is 4.79 Å². The number of fused-ring (bicyclic) bond motifs is 3. The molecule has 0 bridgehead atoms. The summed E-state index contributed by atoms with van der Waals surface area (Å²) in [6.45, 7) is 10.0. The lowest BCUT2D eigenvalue weighted by Gasteiger charge is -2.40. The summed E-state index contributed by atoms with van der Waals surface area (Å²) in [5.74, 6) is 0.913. The van der Waals surface area contributed by atoms with Gasteiger partial charge in [0.25, 0.3) is 0 Å². The Morgan fingerprint density at radius 2 is 2.28 bits per heavy atom. The molecular weight excluding hydrogens is 228 g/mol. The molecule has 3 heteroatoms. The summed E-state index contributed by atoms with van der Waals surface area (Å²) in [5.41, 5.74) is 2.01. The van der Waals surface area contributed by atoms with E-state index in [4.69, 9.17) is 9.15 Å². The van der Waals surface area contributed by atoms with Crippen LogP contribution in [0.3, 0.4) is 0 Å². The zero-order chi connectivity index (χ0) is 13.1.